The number of rotatable bonds is 2. The fraction of sp³-hybridized carbons (Fsp3) is 0.182. The van der Waals surface area contributed by atoms with Crippen LogP contribution in [0.3, 0.4) is 0 Å². The quantitative estimate of drug-likeness (QED) is 0.550. The molecular weight excluding hydrogens is 198 g/mol. The Kier molecular flexibility index (Phi) is 3.97. The summed E-state index contributed by atoms with van der Waals surface area (Å²) in [7, 11) is 1.47. The molecule has 1 heterocycles. The van der Waals surface area contributed by atoms with Crippen molar-refractivity contribution in [2.45, 2.75) is 6.42 Å². The van der Waals surface area contributed by atoms with Crippen molar-refractivity contribution < 1.29 is 8.78 Å². The standard InChI is InChI=1S/C11H12F2N2/c1-3-5-8-9(12)6-4-7-10(13)15-11(8)14-2/h3-4,6-7H,1,5H2,2H3,(H,14,15). The van der Waals surface area contributed by atoms with Crippen LogP contribution >= 0.6 is 0 Å². The zero-order valence-electron chi connectivity index (χ0n) is 8.43. The third-order valence-corrected chi connectivity index (χ3v) is 1.87. The molecule has 0 aromatic rings. The SMILES string of the molecule is C=CCC1=C(F)C=CC=C(F)NC1=NC. The van der Waals surface area contributed by atoms with E-state index in [9.17, 15) is 8.78 Å². The maximum absolute atomic E-state index is 13.5. The number of aliphatic imine (C=N–C) groups is 1. The van der Waals surface area contributed by atoms with E-state index in [4.69, 9.17) is 0 Å². The highest BCUT2D eigenvalue weighted by molar-refractivity contribution is 6.00. The maximum Gasteiger partial charge on any atom is 0.192 e. The molecule has 0 unspecified atom stereocenters. The lowest BCUT2D eigenvalue weighted by molar-refractivity contribution is 0.593. The first-order chi connectivity index (χ1) is 7.19. The molecule has 0 bridgehead atoms. The van der Waals surface area contributed by atoms with Crippen LogP contribution in [-0.2, 0) is 0 Å². The van der Waals surface area contributed by atoms with Crippen molar-refractivity contribution in [3.05, 3.63) is 48.2 Å². The molecule has 2 nitrogen and oxygen atoms in total. The van der Waals surface area contributed by atoms with Crippen molar-refractivity contribution in [2.75, 3.05) is 7.05 Å². The predicted molar refractivity (Wildman–Crippen MR) is 57.8 cm³/mol. The van der Waals surface area contributed by atoms with Crippen LogP contribution in [0.4, 0.5) is 8.78 Å². The highest BCUT2D eigenvalue weighted by Crippen LogP contribution is 2.16. The smallest absolute Gasteiger partial charge is 0.192 e. The molecule has 15 heavy (non-hydrogen) atoms. The van der Waals surface area contributed by atoms with Gasteiger partial charge < -0.3 is 5.32 Å². The van der Waals surface area contributed by atoms with E-state index in [2.05, 4.69) is 16.9 Å². The van der Waals surface area contributed by atoms with Crippen molar-refractivity contribution >= 4 is 5.84 Å². The molecule has 4 heteroatoms. The average Bonchev–Trinajstić information content (AvgIpc) is 2.21. The van der Waals surface area contributed by atoms with E-state index in [-0.39, 0.29) is 5.84 Å². The van der Waals surface area contributed by atoms with Crippen LogP contribution < -0.4 is 5.32 Å². The average molecular weight is 210 g/mol. The maximum atomic E-state index is 13.5. The van der Waals surface area contributed by atoms with Gasteiger partial charge in [-0.3, -0.25) is 4.99 Å². The molecule has 1 aliphatic heterocycles. The summed E-state index contributed by atoms with van der Waals surface area (Å²) >= 11 is 0. The summed E-state index contributed by atoms with van der Waals surface area (Å²) in [4.78, 5) is 3.80. The van der Waals surface area contributed by atoms with Gasteiger partial charge in [0.05, 0.1) is 0 Å². The van der Waals surface area contributed by atoms with Crippen LogP contribution in [-0.4, -0.2) is 12.9 Å². The number of amidine groups is 1. The summed E-state index contributed by atoms with van der Waals surface area (Å²) in [5.74, 6) is -0.821. The number of hydrogen-bond acceptors (Lipinski definition) is 1. The Morgan fingerprint density at radius 3 is 2.87 bits per heavy atom. The van der Waals surface area contributed by atoms with E-state index in [1.165, 1.54) is 19.2 Å². The normalized spacial score (nSPS) is 19.4. The van der Waals surface area contributed by atoms with Gasteiger partial charge in [0.2, 0.25) is 0 Å². The van der Waals surface area contributed by atoms with Gasteiger partial charge in [0, 0.05) is 12.6 Å². The molecule has 1 N–H and O–H groups in total. The van der Waals surface area contributed by atoms with Gasteiger partial charge in [0.1, 0.15) is 11.7 Å². The first-order valence-electron chi connectivity index (χ1n) is 4.46. The van der Waals surface area contributed by atoms with Gasteiger partial charge >= 0.3 is 0 Å². The first-order valence-corrected chi connectivity index (χ1v) is 4.46. The summed E-state index contributed by atoms with van der Waals surface area (Å²) in [6.07, 6.45) is 5.47. The summed E-state index contributed by atoms with van der Waals surface area (Å²) in [6, 6.07) is 0. The molecule has 0 fully saturated rings. The fourth-order valence-corrected chi connectivity index (χ4v) is 1.19. The zero-order valence-corrected chi connectivity index (χ0v) is 8.43. The molecule has 0 spiro atoms. The first kappa shape index (κ1) is 11.4. The van der Waals surface area contributed by atoms with Crippen molar-refractivity contribution in [1.82, 2.24) is 5.32 Å². The Labute approximate surface area is 87.4 Å². The Balaban J connectivity index is 3.16. The summed E-state index contributed by atoms with van der Waals surface area (Å²) in [5.41, 5.74) is 0.298. The summed E-state index contributed by atoms with van der Waals surface area (Å²) in [5, 5.41) is 2.38. The largest absolute Gasteiger partial charge is 0.317 e. The number of hydrogen-bond donors (Lipinski definition) is 1. The molecule has 1 aliphatic rings. The molecule has 0 saturated carbocycles. The van der Waals surface area contributed by atoms with Gasteiger partial charge in [-0.25, -0.2) is 4.39 Å². The van der Waals surface area contributed by atoms with E-state index < -0.39 is 11.8 Å². The van der Waals surface area contributed by atoms with E-state index >= 15 is 0 Å². The molecule has 80 valence electrons. The van der Waals surface area contributed by atoms with Crippen LogP contribution in [0.15, 0.2) is 53.2 Å². The van der Waals surface area contributed by atoms with Crippen LogP contribution in [0.25, 0.3) is 0 Å². The van der Waals surface area contributed by atoms with Crippen LogP contribution in [0.2, 0.25) is 0 Å². The zero-order chi connectivity index (χ0) is 11.3. The second-order valence-electron chi connectivity index (χ2n) is 2.89. The third-order valence-electron chi connectivity index (χ3n) is 1.87. The highest BCUT2D eigenvalue weighted by Gasteiger charge is 2.13. The van der Waals surface area contributed by atoms with Gasteiger partial charge in [0.15, 0.2) is 5.95 Å². The van der Waals surface area contributed by atoms with Crippen LogP contribution in [0.5, 0.6) is 0 Å². The van der Waals surface area contributed by atoms with Crippen molar-refractivity contribution in [3.8, 4) is 0 Å². The van der Waals surface area contributed by atoms with E-state index in [0.29, 0.717) is 12.0 Å². The molecule has 0 radical (unpaired) electrons. The number of nitrogens with one attached hydrogen (secondary N) is 1. The molecule has 0 atom stereocenters. The van der Waals surface area contributed by atoms with Gasteiger partial charge in [-0.05, 0) is 18.6 Å². The Bertz CT molecular complexity index is 376. The van der Waals surface area contributed by atoms with Crippen molar-refractivity contribution in [2.24, 2.45) is 4.99 Å². The van der Waals surface area contributed by atoms with Gasteiger partial charge in [0.25, 0.3) is 0 Å². The number of nitrogens with zero attached hydrogens (tertiary/aromatic N) is 1. The number of halogens is 2. The second kappa shape index (κ2) is 5.24. The Hall–Kier alpha value is -1.71. The molecular formula is C11H12F2N2. The minimum Gasteiger partial charge on any atom is -0.317 e. The summed E-state index contributed by atoms with van der Waals surface area (Å²) in [6.45, 7) is 3.51. The minimum atomic E-state index is -0.569. The molecule has 0 saturated heterocycles. The third kappa shape index (κ3) is 2.87. The van der Waals surface area contributed by atoms with E-state index in [1.807, 2.05) is 0 Å². The topological polar surface area (TPSA) is 24.4 Å². The van der Waals surface area contributed by atoms with Crippen molar-refractivity contribution in [3.63, 3.8) is 0 Å². The Morgan fingerprint density at radius 1 is 1.53 bits per heavy atom. The van der Waals surface area contributed by atoms with Gasteiger partial charge in [-0.1, -0.05) is 12.2 Å². The highest BCUT2D eigenvalue weighted by atomic mass is 19.1. The Morgan fingerprint density at radius 2 is 2.27 bits per heavy atom. The monoisotopic (exact) mass is 210 g/mol. The lowest BCUT2D eigenvalue weighted by atomic mass is 10.1. The summed E-state index contributed by atoms with van der Waals surface area (Å²) < 4.78 is 26.6. The van der Waals surface area contributed by atoms with Gasteiger partial charge in [-0.15, -0.1) is 6.58 Å². The minimum absolute atomic E-state index is 0.186. The van der Waals surface area contributed by atoms with Gasteiger partial charge in [-0.2, -0.15) is 4.39 Å². The lowest BCUT2D eigenvalue weighted by Gasteiger charge is -2.12. The molecule has 0 aromatic heterocycles. The fourth-order valence-electron chi connectivity index (χ4n) is 1.19. The second-order valence-corrected chi connectivity index (χ2v) is 2.89. The molecule has 0 aromatic carbocycles. The van der Waals surface area contributed by atoms with Crippen LogP contribution in [0.1, 0.15) is 6.42 Å². The number of allylic oxidation sites excluding steroid dienone is 5. The molecule has 1 rings (SSSR count). The predicted octanol–water partition coefficient (Wildman–Crippen LogP) is 2.78. The van der Waals surface area contributed by atoms with E-state index in [1.54, 1.807) is 6.08 Å². The van der Waals surface area contributed by atoms with Crippen LogP contribution in [0, 0.1) is 0 Å². The van der Waals surface area contributed by atoms with Crippen molar-refractivity contribution in [1.29, 1.82) is 0 Å². The molecule has 0 aliphatic carbocycles. The molecule has 0 amide bonds. The lowest BCUT2D eigenvalue weighted by Crippen LogP contribution is -2.24. The van der Waals surface area contributed by atoms with E-state index in [0.717, 1.165) is 6.08 Å².